The lowest BCUT2D eigenvalue weighted by atomic mass is 10.0. The molecule has 3 aromatic rings. The van der Waals surface area contributed by atoms with Gasteiger partial charge in [0.1, 0.15) is 11.5 Å². The molecule has 0 spiro atoms. The van der Waals surface area contributed by atoms with Gasteiger partial charge in [0.15, 0.2) is 0 Å². The summed E-state index contributed by atoms with van der Waals surface area (Å²) in [4.78, 5) is 12.3. The first kappa shape index (κ1) is 21.1. The molecular weight excluding hydrogens is 374 g/mol. The Morgan fingerprint density at radius 1 is 0.800 bits per heavy atom. The minimum absolute atomic E-state index is 0.411. The summed E-state index contributed by atoms with van der Waals surface area (Å²) in [6, 6.07) is 23.8. The van der Waals surface area contributed by atoms with Crippen LogP contribution in [0.1, 0.15) is 48.5 Å². The average molecular weight is 399 g/mol. The van der Waals surface area contributed by atoms with E-state index >= 15 is 0 Å². The van der Waals surface area contributed by atoms with Crippen LogP contribution >= 0.6 is 0 Å². The van der Waals surface area contributed by atoms with Gasteiger partial charge in [-0.2, -0.15) is 5.26 Å². The topological polar surface area (TPSA) is 59.3 Å². The second-order valence-corrected chi connectivity index (χ2v) is 7.04. The zero-order chi connectivity index (χ0) is 21.2. The average Bonchev–Trinajstić information content (AvgIpc) is 2.80. The van der Waals surface area contributed by atoms with Crippen molar-refractivity contribution in [2.45, 2.75) is 32.6 Å². The van der Waals surface area contributed by atoms with E-state index in [-0.39, 0.29) is 0 Å². The molecule has 3 aromatic carbocycles. The van der Waals surface area contributed by atoms with Crippen LogP contribution in [0.15, 0.2) is 72.8 Å². The van der Waals surface area contributed by atoms with Gasteiger partial charge in [-0.15, -0.1) is 0 Å². The van der Waals surface area contributed by atoms with Gasteiger partial charge in [-0.05, 0) is 66.1 Å². The van der Waals surface area contributed by atoms with Gasteiger partial charge in [0, 0.05) is 0 Å². The first-order chi connectivity index (χ1) is 14.7. The third-order valence-corrected chi connectivity index (χ3v) is 4.77. The van der Waals surface area contributed by atoms with Gasteiger partial charge < -0.3 is 9.47 Å². The minimum Gasteiger partial charge on any atom is -0.494 e. The molecule has 0 unspecified atom stereocenters. The zero-order valence-electron chi connectivity index (χ0n) is 17.1. The van der Waals surface area contributed by atoms with Crippen molar-refractivity contribution in [3.8, 4) is 28.7 Å². The number of nitriles is 1. The number of nitrogens with zero attached hydrogens (tertiary/aromatic N) is 1. The molecule has 0 atom stereocenters. The van der Waals surface area contributed by atoms with Crippen LogP contribution in [0, 0.1) is 11.3 Å². The highest BCUT2D eigenvalue weighted by Gasteiger charge is 2.09. The fraction of sp³-hybridized carbons (Fsp3) is 0.231. The SMILES string of the molecule is CCCCCCOc1ccc(-c2ccc(C(=O)Oc3ccc(C#N)cc3)cc2)cc1. The van der Waals surface area contributed by atoms with Gasteiger partial charge in [-0.1, -0.05) is 50.5 Å². The monoisotopic (exact) mass is 399 g/mol. The van der Waals surface area contributed by atoms with E-state index in [2.05, 4.69) is 6.92 Å². The zero-order valence-corrected chi connectivity index (χ0v) is 17.1. The van der Waals surface area contributed by atoms with E-state index in [0.29, 0.717) is 16.9 Å². The van der Waals surface area contributed by atoms with Crippen molar-refractivity contribution in [1.82, 2.24) is 0 Å². The largest absolute Gasteiger partial charge is 0.494 e. The molecule has 0 N–H and O–H groups in total. The number of hydrogen-bond donors (Lipinski definition) is 0. The molecule has 0 aliphatic heterocycles. The number of benzene rings is 3. The number of hydrogen-bond acceptors (Lipinski definition) is 4. The molecule has 0 fully saturated rings. The van der Waals surface area contributed by atoms with Crippen LogP contribution in [0.5, 0.6) is 11.5 Å². The number of unbranched alkanes of at least 4 members (excludes halogenated alkanes) is 3. The molecule has 4 nitrogen and oxygen atoms in total. The summed E-state index contributed by atoms with van der Waals surface area (Å²) in [5, 5.41) is 8.83. The van der Waals surface area contributed by atoms with Crippen LogP contribution in [0.2, 0.25) is 0 Å². The molecule has 0 aromatic heterocycles. The third-order valence-electron chi connectivity index (χ3n) is 4.77. The highest BCUT2D eigenvalue weighted by molar-refractivity contribution is 5.91. The fourth-order valence-corrected chi connectivity index (χ4v) is 3.02. The van der Waals surface area contributed by atoms with Gasteiger partial charge in [0.05, 0.1) is 23.8 Å². The molecule has 0 heterocycles. The third kappa shape index (κ3) is 5.96. The Labute approximate surface area is 177 Å². The van der Waals surface area contributed by atoms with Gasteiger partial charge in [-0.3, -0.25) is 0 Å². The van der Waals surface area contributed by atoms with Crippen molar-refractivity contribution < 1.29 is 14.3 Å². The predicted octanol–water partition coefficient (Wildman–Crippen LogP) is 6.40. The van der Waals surface area contributed by atoms with Crippen LogP contribution in [-0.2, 0) is 0 Å². The van der Waals surface area contributed by atoms with Crippen LogP contribution in [-0.4, -0.2) is 12.6 Å². The molecule has 0 radical (unpaired) electrons. The lowest BCUT2D eigenvalue weighted by molar-refractivity contribution is 0.0735. The van der Waals surface area contributed by atoms with Crippen LogP contribution in [0.25, 0.3) is 11.1 Å². The summed E-state index contributed by atoms with van der Waals surface area (Å²) in [6.45, 7) is 2.94. The summed E-state index contributed by atoms with van der Waals surface area (Å²) >= 11 is 0. The maximum atomic E-state index is 12.3. The number of rotatable bonds is 9. The predicted molar refractivity (Wildman–Crippen MR) is 118 cm³/mol. The smallest absolute Gasteiger partial charge is 0.343 e. The Bertz CT molecular complexity index is 984. The quantitative estimate of drug-likeness (QED) is 0.237. The molecule has 4 heteroatoms. The summed E-state index contributed by atoms with van der Waals surface area (Å²) < 4.78 is 11.1. The first-order valence-electron chi connectivity index (χ1n) is 10.2. The van der Waals surface area contributed by atoms with Crippen LogP contribution < -0.4 is 9.47 Å². The van der Waals surface area contributed by atoms with Crippen molar-refractivity contribution in [3.05, 3.63) is 83.9 Å². The fourth-order valence-electron chi connectivity index (χ4n) is 3.02. The molecule has 3 rings (SSSR count). The Morgan fingerprint density at radius 3 is 2.00 bits per heavy atom. The number of ether oxygens (including phenoxy) is 2. The Hall–Kier alpha value is -3.58. The normalized spacial score (nSPS) is 10.3. The maximum Gasteiger partial charge on any atom is 0.343 e. The standard InChI is InChI=1S/C26H25NO3/c1-2-3-4-5-18-29-24-16-12-22(13-17-24)21-8-10-23(11-9-21)26(28)30-25-14-6-20(19-27)7-15-25/h6-17H,2-5,18H2,1H3. The number of carbonyl (C=O) groups excluding carboxylic acids is 1. The highest BCUT2D eigenvalue weighted by Crippen LogP contribution is 2.23. The first-order valence-corrected chi connectivity index (χ1v) is 10.2. The molecule has 0 saturated heterocycles. The molecule has 0 amide bonds. The number of carbonyl (C=O) groups is 1. The van der Waals surface area contributed by atoms with Crippen molar-refractivity contribution in [1.29, 1.82) is 5.26 Å². The van der Waals surface area contributed by atoms with Gasteiger partial charge in [-0.25, -0.2) is 4.79 Å². The van der Waals surface area contributed by atoms with Crippen LogP contribution in [0.3, 0.4) is 0 Å². The van der Waals surface area contributed by atoms with E-state index in [0.717, 1.165) is 29.9 Å². The minimum atomic E-state index is -0.432. The van der Waals surface area contributed by atoms with Crippen LogP contribution in [0.4, 0.5) is 0 Å². The summed E-state index contributed by atoms with van der Waals surface area (Å²) in [7, 11) is 0. The Morgan fingerprint density at radius 2 is 1.40 bits per heavy atom. The summed E-state index contributed by atoms with van der Waals surface area (Å²) in [5.41, 5.74) is 3.06. The van der Waals surface area contributed by atoms with Crippen molar-refractivity contribution in [2.75, 3.05) is 6.61 Å². The molecule has 0 aliphatic rings. The van der Waals surface area contributed by atoms with E-state index in [1.807, 2.05) is 42.5 Å². The second kappa shape index (κ2) is 10.8. The van der Waals surface area contributed by atoms with Gasteiger partial charge in [0.25, 0.3) is 0 Å². The van der Waals surface area contributed by atoms with Gasteiger partial charge in [0.2, 0.25) is 0 Å². The Kier molecular flexibility index (Phi) is 7.63. The van der Waals surface area contributed by atoms with Gasteiger partial charge >= 0.3 is 5.97 Å². The summed E-state index contributed by atoms with van der Waals surface area (Å²) in [6.07, 6.45) is 4.75. The molecule has 0 aliphatic carbocycles. The molecule has 30 heavy (non-hydrogen) atoms. The lowest BCUT2D eigenvalue weighted by Gasteiger charge is -2.08. The molecule has 0 saturated carbocycles. The van der Waals surface area contributed by atoms with E-state index < -0.39 is 5.97 Å². The van der Waals surface area contributed by atoms with Crippen molar-refractivity contribution in [2.24, 2.45) is 0 Å². The van der Waals surface area contributed by atoms with E-state index in [1.54, 1.807) is 36.4 Å². The summed E-state index contributed by atoms with van der Waals surface area (Å²) in [5.74, 6) is 0.851. The molecular formula is C26H25NO3. The molecule has 0 bridgehead atoms. The maximum absolute atomic E-state index is 12.3. The van der Waals surface area contributed by atoms with Crippen molar-refractivity contribution in [3.63, 3.8) is 0 Å². The van der Waals surface area contributed by atoms with Crippen molar-refractivity contribution >= 4 is 5.97 Å². The lowest BCUT2D eigenvalue weighted by Crippen LogP contribution is -2.08. The highest BCUT2D eigenvalue weighted by atomic mass is 16.5. The second-order valence-electron chi connectivity index (χ2n) is 7.04. The number of esters is 1. The Balaban J connectivity index is 1.56. The molecule has 152 valence electrons. The van der Waals surface area contributed by atoms with E-state index in [1.165, 1.54) is 19.3 Å². The van der Waals surface area contributed by atoms with E-state index in [9.17, 15) is 4.79 Å². The van der Waals surface area contributed by atoms with E-state index in [4.69, 9.17) is 14.7 Å².